The monoisotopic (exact) mass is 883 g/mol. The normalized spacial score (nSPS) is 23.7. The number of carbonyl (C=O) groups excluding carboxylic acids is 1. The van der Waals surface area contributed by atoms with Crippen molar-refractivity contribution < 1.29 is 38.8 Å². The minimum Gasteiger partial charge on any atom is -0.492 e. The summed E-state index contributed by atoms with van der Waals surface area (Å²) in [5, 5.41) is 27.1. The number of amides is 1. The van der Waals surface area contributed by atoms with Crippen LogP contribution < -0.4 is 9.47 Å². The van der Waals surface area contributed by atoms with Crippen LogP contribution in [0.4, 0.5) is 4.79 Å². The number of aliphatic hydroxyl groups is 2. The van der Waals surface area contributed by atoms with Crippen LogP contribution in [0.5, 0.6) is 11.5 Å². The van der Waals surface area contributed by atoms with Crippen LogP contribution in [0.15, 0.2) is 133 Å². The van der Waals surface area contributed by atoms with E-state index in [4.69, 9.17) is 28.9 Å². The number of unbranched alkanes of at least 4 members (excludes halogenated alkanes) is 2. The van der Waals surface area contributed by atoms with Gasteiger partial charge in [-0.1, -0.05) is 109 Å². The van der Waals surface area contributed by atoms with E-state index in [0.29, 0.717) is 31.6 Å². The molecule has 1 saturated heterocycles. The lowest BCUT2D eigenvalue weighted by Gasteiger charge is -2.60. The Morgan fingerprint density at radius 2 is 1.69 bits per heavy atom. The largest absolute Gasteiger partial charge is 0.492 e. The van der Waals surface area contributed by atoms with Gasteiger partial charge in [0.2, 0.25) is 5.79 Å². The Bertz CT molecular complexity index is 2290. The van der Waals surface area contributed by atoms with Crippen LogP contribution in [0, 0.1) is 17.8 Å². The fourth-order valence-electron chi connectivity index (χ4n) is 10.3. The van der Waals surface area contributed by atoms with Crippen LogP contribution >= 0.6 is 0 Å². The Hall–Kier alpha value is -5.46. The average Bonchev–Trinajstić information content (AvgIpc) is 4.16. The molecule has 4 aromatic carbocycles. The lowest BCUT2D eigenvalue weighted by atomic mass is 9.55. The molecule has 11 heteroatoms. The molecule has 0 bridgehead atoms. The molecule has 2 heterocycles. The first-order valence-electron chi connectivity index (χ1n) is 23.6. The molecule has 1 amide bonds. The second kappa shape index (κ2) is 22.2. The van der Waals surface area contributed by atoms with Gasteiger partial charge in [-0.2, -0.15) is 0 Å². The highest BCUT2D eigenvalue weighted by Gasteiger charge is 2.65. The van der Waals surface area contributed by atoms with Crippen molar-refractivity contribution in [3.05, 3.63) is 145 Å². The smallest absolute Gasteiger partial charge is 0.410 e. The van der Waals surface area contributed by atoms with E-state index in [2.05, 4.69) is 54.5 Å². The summed E-state index contributed by atoms with van der Waals surface area (Å²) in [4.78, 5) is 25.4. The third kappa shape index (κ3) is 10.7. The molecule has 2 fully saturated rings. The minimum absolute atomic E-state index is 0.0764. The Morgan fingerprint density at radius 1 is 0.908 bits per heavy atom. The molecular formula is C54H65N3O8. The molecule has 6 unspecified atom stereocenters. The summed E-state index contributed by atoms with van der Waals surface area (Å²) in [6.07, 6.45) is 10.8. The van der Waals surface area contributed by atoms with E-state index in [1.54, 1.807) is 17.1 Å². The van der Waals surface area contributed by atoms with Crippen LogP contribution in [-0.2, 0) is 27.5 Å². The number of fused-ring (bicyclic) bond motifs is 3. The zero-order valence-electron chi connectivity index (χ0n) is 37.6. The highest BCUT2D eigenvalue weighted by molar-refractivity contribution is 6.03. The lowest BCUT2D eigenvalue weighted by Crippen LogP contribution is -2.70. The molecule has 0 spiro atoms. The van der Waals surface area contributed by atoms with Gasteiger partial charge in [0.15, 0.2) is 0 Å². The fraction of sp³-hybridized carbons (Fsp3) is 0.444. The third-order valence-electron chi connectivity index (χ3n) is 13.5. The number of hydrogen-bond donors (Lipinski definition) is 2. The molecule has 11 nitrogen and oxygen atoms in total. The number of aliphatic hydroxyl groups excluding tert-OH is 2. The quantitative estimate of drug-likeness (QED) is 0.0307. The molecule has 2 aliphatic carbocycles. The van der Waals surface area contributed by atoms with Crippen molar-refractivity contribution in [2.45, 2.75) is 82.3 Å². The zero-order valence-corrected chi connectivity index (χ0v) is 37.6. The maximum Gasteiger partial charge on any atom is 0.410 e. The molecule has 2 N–H and O–H groups in total. The summed E-state index contributed by atoms with van der Waals surface area (Å²) in [7, 11) is 0. The van der Waals surface area contributed by atoms with Crippen molar-refractivity contribution in [1.29, 1.82) is 0 Å². The molecule has 344 valence electrons. The van der Waals surface area contributed by atoms with E-state index in [1.165, 1.54) is 0 Å². The standard InChI is InChI=1S/C54H65N3O8/c1-3-5-32-62-53(60)57(37-42-21-15-20-40-18-9-10-22-44(40)42)50-36-48(55-64-38-39-16-7-6-8-17-39)46-34-41(19-11-13-29-58)45(23-12-14-30-59)51-47-35-43(61-33-28-56-26-27-56)24-25-49(47)65-54(50,52(46)51)63-31-4-2/h3-4,6-10,15-18,20-22,24-25,34-35,41,45,50-52,58-59H,1-2,5,11-14,19,23,26-33,36-38H2. The van der Waals surface area contributed by atoms with Crippen LogP contribution in [0.2, 0.25) is 0 Å². The molecule has 6 atom stereocenters. The Kier molecular flexibility index (Phi) is 15.7. The summed E-state index contributed by atoms with van der Waals surface area (Å²) < 4.78 is 27.3. The van der Waals surface area contributed by atoms with Gasteiger partial charge in [-0.15, -0.1) is 13.2 Å². The molecule has 4 aromatic rings. The van der Waals surface area contributed by atoms with Gasteiger partial charge >= 0.3 is 6.09 Å². The first-order chi connectivity index (χ1) is 32.0. The van der Waals surface area contributed by atoms with Gasteiger partial charge < -0.3 is 34.0 Å². The summed E-state index contributed by atoms with van der Waals surface area (Å²) in [5.41, 5.74) is 4.65. The van der Waals surface area contributed by atoms with Crippen molar-refractivity contribution in [3.63, 3.8) is 0 Å². The summed E-state index contributed by atoms with van der Waals surface area (Å²) in [6, 6.07) is 29.7. The van der Waals surface area contributed by atoms with Crippen LogP contribution in [-0.4, -0.2) is 96.3 Å². The topological polar surface area (TPSA) is 122 Å². The van der Waals surface area contributed by atoms with Crippen molar-refractivity contribution in [2.75, 3.05) is 52.7 Å². The highest BCUT2D eigenvalue weighted by Crippen LogP contribution is 2.62. The SMILES string of the molecule is C=CCCOC(=O)N(Cc1cccc2ccccc12)C1CC(=NOCc2ccccc2)C2=CC(CCCCO)C(CCCCO)C3c4cc(OCCN5CC5)ccc4OC1(OCC=C)C23. The molecule has 8 rings (SSSR count). The second-order valence-corrected chi connectivity index (χ2v) is 17.7. The predicted octanol–water partition coefficient (Wildman–Crippen LogP) is 9.58. The van der Waals surface area contributed by atoms with Crippen LogP contribution in [0.25, 0.3) is 10.8 Å². The predicted molar refractivity (Wildman–Crippen MR) is 254 cm³/mol. The summed E-state index contributed by atoms with van der Waals surface area (Å²) in [6.45, 7) is 12.6. The first-order valence-corrected chi connectivity index (χ1v) is 23.6. The average molecular weight is 884 g/mol. The Morgan fingerprint density at radius 3 is 2.48 bits per heavy atom. The molecule has 0 aromatic heterocycles. The Labute approximate surface area is 384 Å². The zero-order chi connectivity index (χ0) is 45.0. The van der Waals surface area contributed by atoms with Crippen molar-refractivity contribution in [3.8, 4) is 11.5 Å². The number of ether oxygens (including phenoxy) is 4. The number of allylic oxidation sites excluding steroid dienone is 1. The third-order valence-corrected chi connectivity index (χ3v) is 13.5. The van der Waals surface area contributed by atoms with Crippen molar-refractivity contribution >= 4 is 22.6 Å². The van der Waals surface area contributed by atoms with Crippen molar-refractivity contribution in [1.82, 2.24) is 9.80 Å². The number of nitrogens with zero attached hydrogens (tertiary/aromatic N) is 3. The molecular weight excluding hydrogens is 819 g/mol. The molecule has 65 heavy (non-hydrogen) atoms. The van der Waals surface area contributed by atoms with Gasteiger partial charge in [0, 0.05) is 50.8 Å². The van der Waals surface area contributed by atoms with Gasteiger partial charge in [0.1, 0.15) is 30.8 Å². The maximum absolute atomic E-state index is 15.0. The number of rotatable bonds is 24. The second-order valence-electron chi connectivity index (χ2n) is 17.7. The number of carbonyl (C=O) groups is 1. The number of hydrogen-bond acceptors (Lipinski definition) is 10. The van der Waals surface area contributed by atoms with Crippen LogP contribution in [0.3, 0.4) is 0 Å². The van der Waals surface area contributed by atoms with Gasteiger partial charge in [-0.25, -0.2) is 4.79 Å². The molecule has 2 aliphatic heterocycles. The number of benzene rings is 4. The van der Waals surface area contributed by atoms with E-state index in [9.17, 15) is 15.0 Å². The Balaban J connectivity index is 1.33. The minimum atomic E-state index is -1.44. The van der Waals surface area contributed by atoms with E-state index in [-0.39, 0.29) is 63.8 Å². The molecule has 0 radical (unpaired) electrons. The molecule has 1 saturated carbocycles. The van der Waals surface area contributed by atoms with Crippen LogP contribution in [0.1, 0.15) is 74.0 Å². The fourth-order valence-corrected chi connectivity index (χ4v) is 10.3. The van der Waals surface area contributed by atoms with E-state index in [1.807, 2.05) is 60.7 Å². The van der Waals surface area contributed by atoms with E-state index in [0.717, 1.165) is 89.8 Å². The lowest BCUT2D eigenvalue weighted by molar-refractivity contribution is -0.256. The first kappa shape index (κ1) is 46.1. The van der Waals surface area contributed by atoms with Gasteiger partial charge in [-0.3, -0.25) is 9.80 Å². The summed E-state index contributed by atoms with van der Waals surface area (Å²) >= 11 is 0. The number of oxime groups is 1. The highest BCUT2D eigenvalue weighted by atomic mass is 16.7. The van der Waals surface area contributed by atoms with Gasteiger partial charge in [-0.05, 0) is 89.6 Å². The van der Waals surface area contributed by atoms with E-state index >= 15 is 0 Å². The van der Waals surface area contributed by atoms with Crippen molar-refractivity contribution in [2.24, 2.45) is 22.9 Å². The maximum atomic E-state index is 15.0. The van der Waals surface area contributed by atoms with Gasteiger partial charge in [0.25, 0.3) is 0 Å². The molecule has 4 aliphatic rings. The van der Waals surface area contributed by atoms with Gasteiger partial charge in [0.05, 0.1) is 31.4 Å². The summed E-state index contributed by atoms with van der Waals surface area (Å²) in [5.74, 6) is -0.477. The van der Waals surface area contributed by atoms with E-state index < -0.39 is 23.8 Å².